The number of hydrogen-bond acceptors (Lipinski definition) is 4. The van der Waals surface area contributed by atoms with Crippen molar-refractivity contribution >= 4 is 0 Å². The molecule has 24 heavy (non-hydrogen) atoms. The fraction of sp³-hybridized carbons (Fsp3) is 0.400. The second-order valence-electron chi connectivity index (χ2n) is 5.70. The SMILES string of the molecule is COc1cccc(OC)c1OCCCOc1c(C)ccc(C)c1C. The van der Waals surface area contributed by atoms with Crippen LogP contribution in [-0.2, 0) is 0 Å². The first-order valence-electron chi connectivity index (χ1n) is 8.12. The van der Waals surface area contributed by atoms with E-state index in [1.54, 1.807) is 14.2 Å². The minimum atomic E-state index is 0.528. The van der Waals surface area contributed by atoms with E-state index in [2.05, 4.69) is 32.9 Å². The number of rotatable bonds is 8. The Hall–Kier alpha value is -2.36. The van der Waals surface area contributed by atoms with Gasteiger partial charge >= 0.3 is 0 Å². The van der Waals surface area contributed by atoms with E-state index in [9.17, 15) is 0 Å². The summed E-state index contributed by atoms with van der Waals surface area (Å²) in [6, 6.07) is 9.79. The van der Waals surface area contributed by atoms with Crippen LogP contribution in [0.1, 0.15) is 23.1 Å². The quantitative estimate of drug-likeness (QED) is 0.669. The van der Waals surface area contributed by atoms with E-state index in [-0.39, 0.29) is 0 Å². The molecule has 0 heterocycles. The van der Waals surface area contributed by atoms with Gasteiger partial charge in [0.2, 0.25) is 5.75 Å². The zero-order valence-corrected chi connectivity index (χ0v) is 15.1. The van der Waals surface area contributed by atoms with Gasteiger partial charge in [-0.1, -0.05) is 18.2 Å². The predicted molar refractivity (Wildman–Crippen MR) is 95.8 cm³/mol. The van der Waals surface area contributed by atoms with E-state index in [1.165, 1.54) is 11.1 Å². The molecule has 0 aliphatic heterocycles. The van der Waals surface area contributed by atoms with Crippen molar-refractivity contribution in [3.05, 3.63) is 47.0 Å². The van der Waals surface area contributed by atoms with Crippen molar-refractivity contribution in [2.45, 2.75) is 27.2 Å². The fourth-order valence-corrected chi connectivity index (χ4v) is 2.51. The lowest BCUT2D eigenvalue weighted by molar-refractivity contribution is 0.231. The van der Waals surface area contributed by atoms with Crippen LogP contribution in [-0.4, -0.2) is 27.4 Å². The minimum absolute atomic E-state index is 0.528. The van der Waals surface area contributed by atoms with Crippen LogP contribution < -0.4 is 18.9 Å². The lowest BCUT2D eigenvalue weighted by atomic mass is 10.1. The van der Waals surface area contributed by atoms with Crippen LogP contribution in [0.3, 0.4) is 0 Å². The van der Waals surface area contributed by atoms with Crippen molar-refractivity contribution < 1.29 is 18.9 Å². The monoisotopic (exact) mass is 330 g/mol. The van der Waals surface area contributed by atoms with Crippen LogP contribution >= 0.6 is 0 Å². The maximum Gasteiger partial charge on any atom is 0.203 e. The van der Waals surface area contributed by atoms with Crippen LogP contribution in [0.15, 0.2) is 30.3 Å². The highest BCUT2D eigenvalue weighted by Gasteiger charge is 2.11. The molecule has 0 N–H and O–H groups in total. The summed E-state index contributed by atoms with van der Waals surface area (Å²) in [6.07, 6.45) is 0.772. The van der Waals surface area contributed by atoms with Crippen molar-refractivity contribution in [2.24, 2.45) is 0 Å². The van der Waals surface area contributed by atoms with Crippen molar-refractivity contribution in [1.29, 1.82) is 0 Å². The zero-order valence-electron chi connectivity index (χ0n) is 15.1. The van der Waals surface area contributed by atoms with Gasteiger partial charge in [0, 0.05) is 6.42 Å². The molecule has 0 bridgehead atoms. The Bertz CT molecular complexity index is 657. The van der Waals surface area contributed by atoms with Crippen LogP contribution in [0.5, 0.6) is 23.0 Å². The van der Waals surface area contributed by atoms with Gasteiger partial charge in [-0.25, -0.2) is 0 Å². The lowest BCUT2D eigenvalue weighted by Crippen LogP contribution is -2.08. The van der Waals surface area contributed by atoms with Gasteiger partial charge in [-0.05, 0) is 49.6 Å². The van der Waals surface area contributed by atoms with Gasteiger partial charge in [-0.2, -0.15) is 0 Å². The van der Waals surface area contributed by atoms with Crippen LogP contribution in [0.4, 0.5) is 0 Å². The first-order chi connectivity index (χ1) is 11.6. The molecule has 0 amide bonds. The largest absolute Gasteiger partial charge is 0.493 e. The number of hydrogen-bond donors (Lipinski definition) is 0. The smallest absolute Gasteiger partial charge is 0.203 e. The van der Waals surface area contributed by atoms with Gasteiger partial charge in [0.1, 0.15) is 5.75 Å². The van der Waals surface area contributed by atoms with Gasteiger partial charge in [-0.15, -0.1) is 0 Å². The van der Waals surface area contributed by atoms with E-state index in [1.807, 2.05) is 18.2 Å². The number of aryl methyl sites for hydroxylation is 2. The number of ether oxygens (including phenoxy) is 4. The molecule has 0 spiro atoms. The highest BCUT2D eigenvalue weighted by molar-refractivity contribution is 5.51. The maximum absolute atomic E-state index is 5.96. The zero-order chi connectivity index (χ0) is 17.5. The molecule has 0 aliphatic carbocycles. The highest BCUT2D eigenvalue weighted by Crippen LogP contribution is 2.36. The summed E-state index contributed by atoms with van der Waals surface area (Å²) in [5.41, 5.74) is 3.60. The topological polar surface area (TPSA) is 36.9 Å². The minimum Gasteiger partial charge on any atom is -0.493 e. The predicted octanol–water partition coefficient (Wildman–Crippen LogP) is 4.48. The van der Waals surface area contributed by atoms with Crippen molar-refractivity contribution in [2.75, 3.05) is 27.4 Å². The van der Waals surface area contributed by atoms with Crippen LogP contribution in [0.25, 0.3) is 0 Å². The highest BCUT2D eigenvalue weighted by atomic mass is 16.5. The number of para-hydroxylation sites is 1. The van der Waals surface area contributed by atoms with Gasteiger partial charge in [0.25, 0.3) is 0 Å². The molecule has 0 saturated carbocycles. The van der Waals surface area contributed by atoms with Gasteiger partial charge in [-0.3, -0.25) is 0 Å². The summed E-state index contributed by atoms with van der Waals surface area (Å²) < 4.78 is 22.4. The van der Waals surface area contributed by atoms with Crippen molar-refractivity contribution in [3.63, 3.8) is 0 Å². The maximum atomic E-state index is 5.96. The Labute approximate surface area is 144 Å². The fourth-order valence-electron chi connectivity index (χ4n) is 2.51. The van der Waals surface area contributed by atoms with Gasteiger partial charge in [0.15, 0.2) is 11.5 Å². The summed E-state index contributed by atoms with van der Waals surface area (Å²) in [4.78, 5) is 0. The molecule has 0 atom stereocenters. The van der Waals surface area contributed by atoms with Gasteiger partial charge < -0.3 is 18.9 Å². The van der Waals surface area contributed by atoms with E-state index in [0.717, 1.165) is 17.7 Å². The third-order valence-electron chi connectivity index (χ3n) is 4.04. The average Bonchev–Trinajstić information content (AvgIpc) is 2.60. The first-order valence-corrected chi connectivity index (χ1v) is 8.12. The molecule has 4 nitrogen and oxygen atoms in total. The molecule has 2 rings (SSSR count). The Morgan fingerprint density at radius 3 is 1.83 bits per heavy atom. The van der Waals surface area contributed by atoms with Crippen molar-refractivity contribution in [3.8, 4) is 23.0 Å². The van der Waals surface area contributed by atoms with Gasteiger partial charge in [0.05, 0.1) is 27.4 Å². The Morgan fingerprint density at radius 1 is 0.708 bits per heavy atom. The van der Waals surface area contributed by atoms with Crippen LogP contribution in [0, 0.1) is 20.8 Å². The summed E-state index contributed by atoms with van der Waals surface area (Å²) >= 11 is 0. The average molecular weight is 330 g/mol. The first kappa shape index (κ1) is 18.0. The molecule has 0 fully saturated rings. The Kier molecular flexibility index (Phi) is 6.36. The van der Waals surface area contributed by atoms with E-state index >= 15 is 0 Å². The molecule has 2 aromatic rings. The molecule has 0 aliphatic rings. The molecular formula is C20H26O4. The third-order valence-corrected chi connectivity index (χ3v) is 4.04. The third kappa shape index (κ3) is 4.13. The molecule has 2 aromatic carbocycles. The second-order valence-corrected chi connectivity index (χ2v) is 5.70. The van der Waals surface area contributed by atoms with Crippen LogP contribution in [0.2, 0.25) is 0 Å². The summed E-state index contributed by atoms with van der Waals surface area (Å²) in [6.45, 7) is 7.38. The Morgan fingerprint density at radius 2 is 1.25 bits per heavy atom. The summed E-state index contributed by atoms with van der Waals surface area (Å²) in [5, 5.41) is 0. The second kappa shape index (κ2) is 8.48. The van der Waals surface area contributed by atoms with E-state index in [4.69, 9.17) is 18.9 Å². The van der Waals surface area contributed by atoms with Crippen molar-refractivity contribution in [1.82, 2.24) is 0 Å². The summed E-state index contributed by atoms with van der Waals surface area (Å²) in [5.74, 6) is 2.94. The number of methoxy groups -OCH3 is 2. The normalized spacial score (nSPS) is 10.4. The molecule has 0 aromatic heterocycles. The standard InChI is InChI=1S/C20H26O4/c1-14-10-11-15(2)19(16(14)3)23-12-7-13-24-20-17(21-4)8-6-9-18(20)22-5/h6,8-11H,7,12-13H2,1-5H3. The lowest BCUT2D eigenvalue weighted by Gasteiger charge is -2.16. The molecule has 0 radical (unpaired) electrons. The molecule has 130 valence electrons. The van der Waals surface area contributed by atoms with E-state index in [0.29, 0.717) is 30.5 Å². The summed E-state index contributed by atoms with van der Waals surface area (Å²) in [7, 11) is 3.24. The number of benzene rings is 2. The molecule has 4 heteroatoms. The van der Waals surface area contributed by atoms with E-state index < -0.39 is 0 Å². The Balaban J connectivity index is 1.90. The molecule has 0 saturated heterocycles. The molecular weight excluding hydrogens is 304 g/mol. The molecule has 0 unspecified atom stereocenters.